The van der Waals surface area contributed by atoms with Crippen LogP contribution in [0.4, 0.5) is 16.4 Å². The van der Waals surface area contributed by atoms with Crippen LogP contribution in [0.5, 0.6) is 0 Å². The molecule has 3 N–H and O–H groups in total. The van der Waals surface area contributed by atoms with E-state index in [2.05, 4.69) is 20.7 Å². The molecule has 0 bridgehead atoms. The standard InChI is InChI=1S/C12H13N5O3/c1-7-4-3-5-8(10(18)19)9(7)15-12(20)16-11-13-6-14-17(11)2/h3-6H,1-2H3,(H,18,19)(H2,13,14,15,16,20). The van der Waals surface area contributed by atoms with E-state index in [1.165, 1.54) is 17.1 Å². The van der Waals surface area contributed by atoms with Crippen LogP contribution in [0.3, 0.4) is 0 Å². The van der Waals surface area contributed by atoms with Gasteiger partial charge in [0, 0.05) is 7.05 Å². The van der Waals surface area contributed by atoms with E-state index in [-0.39, 0.29) is 17.2 Å². The molecule has 20 heavy (non-hydrogen) atoms. The molecule has 2 amide bonds. The second-order valence-corrected chi connectivity index (χ2v) is 4.09. The van der Waals surface area contributed by atoms with Crippen LogP contribution in [0.15, 0.2) is 24.5 Å². The molecule has 0 unspecified atom stereocenters. The van der Waals surface area contributed by atoms with Gasteiger partial charge in [-0.05, 0) is 18.6 Å². The molecule has 0 saturated heterocycles. The van der Waals surface area contributed by atoms with Gasteiger partial charge < -0.3 is 10.4 Å². The summed E-state index contributed by atoms with van der Waals surface area (Å²) < 4.78 is 1.38. The van der Waals surface area contributed by atoms with Crippen LogP contribution < -0.4 is 10.6 Å². The smallest absolute Gasteiger partial charge is 0.337 e. The van der Waals surface area contributed by atoms with Gasteiger partial charge in [-0.2, -0.15) is 10.1 Å². The lowest BCUT2D eigenvalue weighted by atomic mass is 10.1. The Morgan fingerprint density at radius 2 is 2.05 bits per heavy atom. The van der Waals surface area contributed by atoms with E-state index >= 15 is 0 Å². The first-order valence-electron chi connectivity index (χ1n) is 5.74. The van der Waals surface area contributed by atoms with Crippen molar-refractivity contribution in [2.75, 3.05) is 10.6 Å². The summed E-state index contributed by atoms with van der Waals surface area (Å²) >= 11 is 0. The monoisotopic (exact) mass is 275 g/mol. The first-order chi connectivity index (χ1) is 9.49. The topological polar surface area (TPSA) is 109 Å². The number of para-hydroxylation sites is 1. The van der Waals surface area contributed by atoms with Gasteiger partial charge in [-0.25, -0.2) is 14.3 Å². The number of carbonyl (C=O) groups excluding carboxylic acids is 1. The number of benzene rings is 1. The van der Waals surface area contributed by atoms with Crippen molar-refractivity contribution in [2.45, 2.75) is 6.92 Å². The summed E-state index contributed by atoms with van der Waals surface area (Å²) in [5.41, 5.74) is 0.927. The number of aromatic carboxylic acids is 1. The summed E-state index contributed by atoms with van der Waals surface area (Å²) in [6.07, 6.45) is 1.30. The van der Waals surface area contributed by atoms with Crippen molar-refractivity contribution in [2.24, 2.45) is 7.05 Å². The number of aryl methyl sites for hydroxylation is 2. The number of hydrogen-bond acceptors (Lipinski definition) is 4. The Kier molecular flexibility index (Phi) is 3.65. The summed E-state index contributed by atoms with van der Waals surface area (Å²) in [6.45, 7) is 1.71. The molecule has 0 aliphatic carbocycles. The summed E-state index contributed by atoms with van der Waals surface area (Å²) in [5.74, 6) is -0.851. The van der Waals surface area contributed by atoms with E-state index in [1.807, 2.05) is 0 Å². The first kappa shape index (κ1) is 13.5. The number of hydrogen-bond donors (Lipinski definition) is 3. The Morgan fingerprint density at radius 3 is 2.65 bits per heavy atom. The highest BCUT2D eigenvalue weighted by atomic mass is 16.4. The fraction of sp³-hybridized carbons (Fsp3) is 0.167. The van der Waals surface area contributed by atoms with Crippen molar-refractivity contribution < 1.29 is 14.7 Å². The molecule has 1 aromatic carbocycles. The summed E-state index contributed by atoms with van der Waals surface area (Å²) in [7, 11) is 1.62. The second-order valence-electron chi connectivity index (χ2n) is 4.09. The Bertz CT molecular complexity index is 665. The molecule has 1 heterocycles. The highest BCUT2D eigenvalue weighted by Gasteiger charge is 2.15. The quantitative estimate of drug-likeness (QED) is 0.785. The van der Waals surface area contributed by atoms with Gasteiger partial charge in [0.2, 0.25) is 5.95 Å². The number of carboxylic acid groups (broad SMARTS) is 1. The lowest BCUT2D eigenvalue weighted by molar-refractivity contribution is 0.0698. The van der Waals surface area contributed by atoms with E-state index in [0.29, 0.717) is 5.56 Å². The molecule has 0 aliphatic rings. The molecule has 0 saturated carbocycles. The molecule has 2 rings (SSSR count). The minimum Gasteiger partial charge on any atom is -0.478 e. The minimum atomic E-state index is -1.11. The zero-order valence-electron chi connectivity index (χ0n) is 10.9. The molecular weight excluding hydrogens is 262 g/mol. The number of urea groups is 1. The molecule has 0 fully saturated rings. The Morgan fingerprint density at radius 1 is 1.30 bits per heavy atom. The predicted molar refractivity (Wildman–Crippen MR) is 71.8 cm³/mol. The van der Waals surface area contributed by atoms with Crippen molar-refractivity contribution >= 4 is 23.6 Å². The zero-order chi connectivity index (χ0) is 14.7. The SMILES string of the molecule is Cc1cccc(C(=O)O)c1NC(=O)Nc1ncnn1C. The van der Waals surface area contributed by atoms with Crippen LogP contribution in [-0.4, -0.2) is 31.9 Å². The van der Waals surface area contributed by atoms with Gasteiger partial charge in [0.1, 0.15) is 6.33 Å². The normalized spacial score (nSPS) is 10.1. The van der Waals surface area contributed by atoms with Crippen LogP contribution >= 0.6 is 0 Å². The van der Waals surface area contributed by atoms with E-state index in [1.54, 1.807) is 26.1 Å². The maximum absolute atomic E-state index is 11.9. The maximum Gasteiger partial charge on any atom is 0.337 e. The van der Waals surface area contributed by atoms with Crippen molar-refractivity contribution in [3.8, 4) is 0 Å². The van der Waals surface area contributed by atoms with Gasteiger partial charge in [-0.15, -0.1) is 0 Å². The molecule has 0 atom stereocenters. The second kappa shape index (κ2) is 5.39. The van der Waals surface area contributed by atoms with Crippen molar-refractivity contribution in [3.63, 3.8) is 0 Å². The van der Waals surface area contributed by atoms with Gasteiger partial charge in [-0.1, -0.05) is 12.1 Å². The molecule has 8 heteroatoms. The summed E-state index contributed by atoms with van der Waals surface area (Å²) in [6, 6.07) is 4.17. The number of anilines is 2. The molecule has 0 spiro atoms. The number of nitrogens with one attached hydrogen (secondary N) is 2. The Hall–Kier alpha value is -2.90. The summed E-state index contributed by atoms with van der Waals surface area (Å²) in [4.78, 5) is 26.8. The molecule has 0 aliphatic heterocycles. The number of rotatable bonds is 3. The van der Waals surface area contributed by atoms with Crippen LogP contribution in [0.1, 0.15) is 15.9 Å². The molecule has 104 valence electrons. The minimum absolute atomic E-state index is 0.0260. The Labute approximate surface area is 114 Å². The van der Waals surface area contributed by atoms with Gasteiger partial charge in [0.15, 0.2) is 0 Å². The van der Waals surface area contributed by atoms with Crippen molar-refractivity contribution in [1.29, 1.82) is 0 Å². The first-order valence-corrected chi connectivity index (χ1v) is 5.74. The maximum atomic E-state index is 11.9. The van der Waals surface area contributed by atoms with E-state index < -0.39 is 12.0 Å². The van der Waals surface area contributed by atoms with Gasteiger partial charge in [-0.3, -0.25) is 5.32 Å². The molecule has 2 aromatic rings. The lowest BCUT2D eigenvalue weighted by Crippen LogP contribution is -2.23. The van der Waals surface area contributed by atoms with E-state index in [4.69, 9.17) is 5.11 Å². The van der Waals surface area contributed by atoms with Crippen LogP contribution in [0, 0.1) is 6.92 Å². The van der Waals surface area contributed by atoms with E-state index in [9.17, 15) is 9.59 Å². The average Bonchev–Trinajstić information content (AvgIpc) is 2.77. The van der Waals surface area contributed by atoms with Gasteiger partial charge in [0.25, 0.3) is 0 Å². The van der Waals surface area contributed by atoms with E-state index in [0.717, 1.165) is 0 Å². The fourth-order valence-corrected chi connectivity index (χ4v) is 1.67. The van der Waals surface area contributed by atoms with Crippen molar-refractivity contribution in [1.82, 2.24) is 14.8 Å². The average molecular weight is 275 g/mol. The number of carboxylic acids is 1. The van der Waals surface area contributed by atoms with Crippen LogP contribution in [-0.2, 0) is 7.05 Å². The molecule has 1 aromatic heterocycles. The molecular formula is C12H13N5O3. The van der Waals surface area contributed by atoms with Crippen molar-refractivity contribution in [3.05, 3.63) is 35.7 Å². The highest BCUT2D eigenvalue weighted by molar-refractivity contribution is 6.04. The largest absolute Gasteiger partial charge is 0.478 e. The zero-order valence-corrected chi connectivity index (χ0v) is 10.9. The number of aromatic nitrogens is 3. The predicted octanol–water partition coefficient (Wildman–Crippen LogP) is 1.47. The summed E-state index contributed by atoms with van der Waals surface area (Å²) in [5, 5.41) is 17.9. The third-order valence-corrected chi connectivity index (χ3v) is 2.68. The lowest BCUT2D eigenvalue weighted by Gasteiger charge is -2.11. The molecule has 8 nitrogen and oxygen atoms in total. The third-order valence-electron chi connectivity index (χ3n) is 2.68. The number of amides is 2. The number of carbonyl (C=O) groups is 2. The van der Waals surface area contributed by atoms with Crippen LogP contribution in [0.25, 0.3) is 0 Å². The van der Waals surface area contributed by atoms with Gasteiger partial charge in [0.05, 0.1) is 11.3 Å². The third kappa shape index (κ3) is 2.74. The number of nitrogens with zero attached hydrogens (tertiary/aromatic N) is 3. The fourth-order valence-electron chi connectivity index (χ4n) is 1.67. The van der Waals surface area contributed by atoms with Crippen LogP contribution in [0.2, 0.25) is 0 Å². The Balaban J connectivity index is 2.20. The molecule has 0 radical (unpaired) electrons. The van der Waals surface area contributed by atoms with Gasteiger partial charge >= 0.3 is 12.0 Å². The highest BCUT2D eigenvalue weighted by Crippen LogP contribution is 2.20.